The van der Waals surface area contributed by atoms with Crippen molar-refractivity contribution in [3.8, 4) is 0 Å². The van der Waals surface area contributed by atoms with E-state index in [2.05, 4.69) is 0 Å². The fraction of sp³-hybridized carbons (Fsp3) is 0.538. The average molecular weight is 356 g/mol. The molecule has 0 spiro atoms. The number of thiophene rings is 1. The first-order valence-electron chi connectivity index (χ1n) is 6.50. The number of amides is 1. The highest BCUT2D eigenvalue weighted by Crippen LogP contribution is 2.38. The molecule has 2 heterocycles. The molecule has 1 N–H and O–H groups in total. The molecular weight excluding hydrogens is 343 g/mol. The van der Waals surface area contributed by atoms with E-state index in [4.69, 9.17) is 16.7 Å². The lowest BCUT2D eigenvalue weighted by molar-refractivity contribution is -0.188. The monoisotopic (exact) mass is 355 g/mol. The molecule has 1 saturated heterocycles. The van der Waals surface area contributed by atoms with E-state index in [0.29, 0.717) is 10.8 Å². The van der Waals surface area contributed by atoms with E-state index in [1.165, 1.54) is 11.3 Å². The summed E-state index contributed by atoms with van der Waals surface area (Å²) in [5, 5.41) is 8.91. The second kappa shape index (κ2) is 6.45. The highest BCUT2D eigenvalue weighted by molar-refractivity contribution is 7.16. The summed E-state index contributed by atoms with van der Waals surface area (Å²) >= 11 is 7.06. The zero-order valence-electron chi connectivity index (χ0n) is 11.3. The minimum Gasteiger partial charge on any atom is -0.481 e. The molecule has 1 amide bonds. The van der Waals surface area contributed by atoms with Gasteiger partial charge in [0.05, 0.1) is 16.2 Å². The largest absolute Gasteiger partial charge is 0.481 e. The Morgan fingerprint density at radius 3 is 2.50 bits per heavy atom. The van der Waals surface area contributed by atoms with E-state index in [1.54, 1.807) is 12.1 Å². The standard InChI is InChI=1S/C13H13ClF3NO3S/c14-10-3-1-7(22-10)2-4-11(19)18-5-8(12(20)21)9(6-18)13(15,16)17/h1,3,8-9H,2,4-6H2,(H,20,21)/t8-,9-/m1/s1. The predicted molar refractivity (Wildman–Crippen MR) is 74.9 cm³/mol. The van der Waals surface area contributed by atoms with Gasteiger partial charge in [0.2, 0.25) is 5.91 Å². The second-order valence-corrected chi connectivity index (χ2v) is 6.90. The SMILES string of the molecule is O=C(O)[C@@H]1CN(C(=O)CCc2ccc(Cl)s2)C[C@H]1C(F)(F)F. The van der Waals surface area contributed by atoms with Crippen molar-refractivity contribution in [2.45, 2.75) is 19.0 Å². The topological polar surface area (TPSA) is 57.6 Å². The van der Waals surface area contributed by atoms with Crippen LogP contribution in [-0.4, -0.2) is 41.1 Å². The summed E-state index contributed by atoms with van der Waals surface area (Å²) in [6.07, 6.45) is -4.21. The molecule has 0 saturated carbocycles. The van der Waals surface area contributed by atoms with E-state index in [1.807, 2.05) is 0 Å². The Morgan fingerprint density at radius 1 is 1.36 bits per heavy atom. The van der Waals surface area contributed by atoms with Gasteiger partial charge in [0.1, 0.15) is 0 Å². The second-order valence-electron chi connectivity index (χ2n) is 5.10. The normalized spacial score (nSPS) is 22.1. The number of nitrogens with zero attached hydrogens (tertiary/aromatic N) is 1. The van der Waals surface area contributed by atoms with Crippen LogP contribution < -0.4 is 0 Å². The average Bonchev–Trinajstić information content (AvgIpc) is 3.01. The minimum absolute atomic E-state index is 0.0355. The van der Waals surface area contributed by atoms with Crippen LogP contribution in [0.1, 0.15) is 11.3 Å². The molecule has 122 valence electrons. The van der Waals surface area contributed by atoms with E-state index >= 15 is 0 Å². The van der Waals surface area contributed by atoms with Crippen LogP contribution in [0.2, 0.25) is 4.34 Å². The number of halogens is 4. The molecule has 0 aliphatic carbocycles. The summed E-state index contributed by atoms with van der Waals surface area (Å²) in [7, 11) is 0. The van der Waals surface area contributed by atoms with Gasteiger partial charge in [-0.05, 0) is 18.6 Å². The van der Waals surface area contributed by atoms with Crippen molar-refractivity contribution >= 4 is 34.8 Å². The number of carbonyl (C=O) groups excluding carboxylic acids is 1. The zero-order chi connectivity index (χ0) is 16.5. The van der Waals surface area contributed by atoms with Crippen LogP contribution in [0.15, 0.2) is 12.1 Å². The number of likely N-dealkylation sites (tertiary alicyclic amines) is 1. The maximum atomic E-state index is 12.8. The summed E-state index contributed by atoms with van der Waals surface area (Å²) in [6, 6.07) is 3.44. The Labute approximate surface area is 133 Å². The first kappa shape index (κ1) is 17.1. The van der Waals surface area contributed by atoms with Crippen molar-refractivity contribution in [3.05, 3.63) is 21.3 Å². The zero-order valence-corrected chi connectivity index (χ0v) is 12.8. The predicted octanol–water partition coefficient (Wildman–Crippen LogP) is 3.06. The number of carboxylic acids is 1. The van der Waals surface area contributed by atoms with Gasteiger partial charge in [-0.15, -0.1) is 11.3 Å². The number of carboxylic acid groups (broad SMARTS) is 1. The van der Waals surface area contributed by atoms with Crippen LogP contribution in [0, 0.1) is 11.8 Å². The summed E-state index contributed by atoms with van der Waals surface area (Å²) in [5.41, 5.74) is 0. The van der Waals surface area contributed by atoms with E-state index in [9.17, 15) is 22.8 Å². The Bertz CT molecular complexity index is 575. The minimum atomic E-state index is -4.63. The quantitative estimate of drug-likeness (QED) is 0.903. The molecule has 0 bridgehead atoms. The van der Waals surface area contributed by atoms with Crippen LogP contribution >= 0.6 is 22.9 Å². The van der Waals surface area contributed by atoms with Crippen molar-refractivity contribution in [2.75, 3.05) is 13.1 Å². The number of hydrogen-bond acceptors (Lipinski definition) is 3. The van der Waals surface area contributed by atoms with Crippen LogP contribution in [0.4, 0.5) is 13.2 Å². The van der Waals surface area contributed by atoms with Gasteiger partial charge in [-0.1, -0.05) is 11.6 Å². The van der Waals surface area contributed by atoms with Crippen molar-refractivity contribution in [1.82, 2.24) is 4.90 Å². The van der Waals surface area contributed by atoms with Crippen molar-refractivity contribution in [1.29, 1.82) is 0 Å². The molecule has 0 radical (unpaired) electrons. The first-order valence-corrected chi connectivity index (χ1v) is 7.69. The Kier molecular flexibility index (Phi) is 5.01. The summed E-state index contributed by atoms with van der Waals surface area (Å²) < 4.78 is 39.1. The van der Waals surface area contributed by atoms with Crippen LogP contribution in [0.5, 0.6) is 0 Å². The van der Waals surface area contributed by atoms with Gasteiger partial charge in [0.25, 0.3) is 0 Å². The molecule has 4 nitrogen and oxygen atoms in total. The summed E-state index contributed by atoms with van der Waals surface area (Å²) in [4.78, 5) is 24.8. The lowest BCUT2D eigenvalue weighted by Crippen LogP contribution is -2.34. The fourth-order valence-corrected chi connectivity index (χ4v) is 3.55. The van der Waals surface area contributed by atoms with Gasteiger partial charge in [-0.25, -0.2) is 0 Å². The number of carbonyl (C=O) groups is 2. The molecule has 1 aromatic rings. The Hall–Kier alpha value is -1.28. The lowest BCUT2D eigenvalue weighted by atomic mass is 9.96. The summed E-state index contributed by atoms with van der Waals surface area (Å²) in [5.74, 6) is -5.60. The van der Waals surface area contributed by atoms with Crippen molar-refractivity contribution in [2.24, 2.45) is 11.8 Å². The van der Waals surface area contributed by atoms with E-state index in [-0.39, 0.29) is 6.42 Å². The molecule has 1 aliphatic rings. The van der Waals surface area contributed by atoms with Gasteiger partial charge in [0, 0.05) is 24.4 Å². The number of rotatable bonds is 4. The number of alkyl halides is 3. The van der Waals surface area contributed by atoms with Gasteiger partial charge < -0.3 is 10.0 Å². The van der Waals surface area contributed by atoms with Crippen LogP contribution in [0.25, 0.3) is 0 Å². The highest BCUT2D eigenvalue weighted by Gasteiger charge is 2.53. The lowest BCUT2D eigenvalue weighted by Gasteiger charge is -2.18. The number of hydrogen-bond donors (Lipinski definition) is 1. The molecule has 0 unspecified atom stereocenters. The number of aliphatic carboxylic acids is 1. The van der Waals surface area contributed by atoms with E-state index < -0.39 is 43.0 Å². The number of aryl methyl sites for hydroxylation is 1. The molecular formula is C13H13ClF3NO3S. The van der Waals surface area contributed by atoms with Crippen molar-refractivity contribution in [3.63, 3.8) is 0 Å². The molecule has 9 heteroatoms. The fourth-order valence-electron chi connectivity index (χ4n) is 2.46. The highest BCUT2D eigenvalue weighted by atomic mass is 35.5. The third-order valence-electron chi connectivity index (χ3n) is 3.62. The Balaban J connectivity index is 1.97. The molecule has 0 aromatic carbocycles. The molecule has 1 aromatic heterocycles. The van der Waals surface area contributed by atoms with Crippen LogP contribution in [-0.2, 0) is 16.0 Å². The summed E-state index contributed by atoms with van der Waals surface area (Å²) in [6.45, 7) is -0.992. The molecule has 22 heavy (non-hydrogen) atoms. The molecule has 1 aliphatic heterocycles. The molecule has 2 rings (SSSR count). The van der Waals surface area contributed by atoms with Crippen LogP contribution in [0.3, 0.4) is 0 Å². The smallest absolute Gasteiger partial charge is 0.394 e. The maximum absolute atomic E-state index is 12.8. The van der Waals surface area contributed by atoms with Gasteiger partial charge in [0.15, 0.2) is 0 Å². The third-order valence-corrected chi connectivity index (χ3v) is 4.92. The molecule has 1 fully saturated rings. The molecule has 2 atom stereocenters. The third kappa shape index (κ3) is 3.92. The van der Waals surface area contributed by atoms with Gasteiger partial charge >= 0.3 is 12.1 Å². The maximum Gasteiger partial charge on any atom is 0.394 e. The van der Waals surface area contributed by atoms with Crippen molar-refractivity contribution < 1.29 is 27.9 Å². The van der Waals surface area contributed by atoms with E-state index in [0.717, 1.165) is 9.78 Å². The van der Waals surface area contributed by atoms with Gasteiger partial charge in [-0.3, -0.25) is 9.59 Å². The van der Waals surface area contributed by atoms with Gasteiger partial charge in [-0.2, -0.15) is 13.2 Å². The first-order chi connectivity index (χ1) is 10.2. The Morgan fingerprint density at radius 2 is 2.05 bits per heavy atom.